The molecule has 7 nitrogen and oxygen atoms in total. The van der Waals surface area contributed by atoms with Crippen LogP contribution in [0.15, 0.2) is 42.5 Å². The van der Waals surface area contributed by atoms with Gasteiger partial charge < -0.3 is 15.8 Å². The molecule has 0 radical (unpaired) electrons. The van der Waals surface area contributed by atoms with Gasteiger partial charge >= 0.3 is 0 Å². The Morgan fingerprint density at radius 1 is 1.23 bits per heavy atom. The fourth-order valence-electron chi connectivity index (χ4n) is 2.83. The highest BCUT2D eigenvalue weighted by Gasteiger charge is 2.20. The molecule has 10 heteroatoms. The standard InChI is InChI=1S/C21H25ClFN3O4S/c1-14(13-31(28,29)11-10-30-9-8-20(24)25)18-12-17(6-7-19(18)23)26-21(27)15-2-4-16(22)5-3-15/h2-7,12,14H,8-11,13H2,1H3,(H3,24,25)(H,26,27)/t14-/m1/s1. The van der Waals surface area contributed by atoms with Gasteiger partial charge in [-0.2, -0.15) is 0 Å². The van der Waals surface area contributed by atoms with Gasteiger partial charge in [-0.05, 0) is 53.9 Å². The second-order valence-corrected chi connectivity index (χ2v) is 9.77. The lowest BCUT2D eigenvalue weighted by atomic mass is 10.0. The van der Waals surface area contributed by atoms with Crippen molar-refractivity contribution in [2.24, 2.45) is 5.73 Å². The number of nitrogens with one attached hydrogen (secondary N) is 2. The summed E-state index contributed by atoms with van der Waals surface area (Å²) in [6, 6.07) is 10.3. The molecule has 31 heavy (non-hydrogen) atoms. The van der Waals surface area contributed by atoms with Crippen molar-refractivity contribution < 1.29 is 22.3 Å². The predicted octanol–water partition coefficient (Wildman–Crippen LogP) is 3.59. The van der Waals surface area contributed by atoms with Crippen molar-refractivity contribution in [2.75, 3.05) is 30.0 Å². The zero-order valence-corrected chi connectivity index (χ0v) is 18.6. The predicted molar refractivity (Wildman–Crippen MR) is 120 cm³/mol. The van der Waals surface area contributed by atoms with E-state index in [1.165, 1.54) is 18.2 Å². The fourth-order valence-corrected chi connectivity index (χ4v) is 4.43. The van der Waals surface area contributed by atoms with E-state index in [2.05, 4.69) is 5.32 Å². The minimum atomic E-state index is -3.51. The molecule has 0 saturated carbocycles. The summed E-state index contributed by atoms with van der Waals surface area (Å²) in [6.07, 6.45) is 0.232. The Labute approximate surface area is 186 Å². The molecule has 0 fully saturated rings. The molecule has 1 atom stereocenters. The van der Waals surface area contributed by atoms with Crippen molar-refractivity contribution in [3.63, 3.8) is 0 Å². The Balaban J connectivity index is 2.00. The van der Waals surface area contributed by atoms with Crippen molar-refractivity contribution in [1.29, 1.82) is 5.41 Å². The lowest BCUT2D eigenvalue weighted by Crippen LogP contribution is -2.21. The Kier molecular flexibility index (Phi) is 8.97. The molecule has 2 aromatic rings. The maximum absolute atomic E-state index is 14.3. The maximum atomic E-state index is 14.3. The number of sulfone groups is 1. The highest BCUT2D eigenvalue weighted by atomic mass is 35.5. The minimum Gasteiger partial charge on any atom is -0.388 e. The topological polar surface area (TPSA) is 122 Å². The smallest absolute Gasteiger partial charge is 0.255 e. The first-order valence-corrected chi connectivity index (χ1v) is 11.7. The molecule has 0 heterocycles. The highest BCUT2D eigenvalue weighted by Crippen LogP contribution is 2.25. The van der Waals surface area contributed by atoms with Gasteiger partial charge in [0.2, 0.25) is 0 Å². The average Bonchev–Trinajstić information content (AvgIpc) is 2.68. The van der Waals surface area contributed by atoms with Crippen LogP contribution in [0.4, 0.5) is 10.1 Å². The molecule has 168 valence electrons. The molecule has 0 bridgehead atoms. The molecular weight excluding hydrogens is 445 g/mol. The van der Waals surface area contributed by atoms with Crippen LogP contribution < -0.4 is 11.1 Å². The summed E-state index contributed by atoms with van der Waals surface area (Å²) in [6.45, 7) is 1.75. The monoisotopic (exact) mass is 469 g/mol. The van der Waals surface area contributed by atoms with Gasteiger partial charge in [0.15, 0.2) is 9.84 Å². The summed E-state index contributed by atoms with van der Waals surface area (Å²) < 4.78 is 44.2. The summed E-state index contributed by atoms with van der Waals surface area (Å²) in [5.74, 6) is -2.09. The zero-order chi connectivity index (χ0) is 23.0. The van der Waals surface area contributed by atoms with Gasteiger partial charge in [-0.25, -0.2) is 12.8 Å². The SMILES string of the molecule is C[C@H](CS(=O)(=O)CCOCCC(=N)N)c1cc(NC(=O)c2ccc(Cl)cc2)ccc1F. The number of halogens is 2. The van der Waals surface area contributed by atoms with Gasteiger partial charge in [0, 0.05) is 22.7 Å². The minimum absolute atomic E-state index is 0.0258. The van der Waals surface area contributed by atoms with Gasteiger partial charge in [-0.15, -0.1) is 0 Å². The van der Waals surface area contributed by atoms with Gasteiger partial charge in [0.05, 0.1) is 30.6 Å². The van der Waals surface area contributed by atoms with E-state index in [1.54, 1.807) is 31.2 Å². The second-order valence-electron chi connectivity index (χ2n) is 7.10. The Morgan fingerprint density at radius 3 is 2.55 bits per heavy atom. The number of ether oxygens (including phenoxy) is 1. The third-order valence-electron chi connectivity index (χ3n) is 4.45. The summed E-state index contributed by atoms with van der Waals surface area (Å²) in [7, 11) is -3.51. The first-order valence-electron chi connectivity index (χ1n) is 9.55. The van der Waals surface area contributed by atoms with E-state index in [-0.39, 0.29) is 42.5 Å². The molecule has 0 saturated heterocycles. The van der Waals surface area contributed by atoms with Crippen LogP contribution in [0.25, 0.3) is 0 Å². The molecular formula is C21H25ClFN3O4S. The molecule has 0 aliphatic carbocycles. The van der Waals surface area contributed by atoms with Gasteiger partial charge in [-0.3, -0.25) is 10.2 Å². The van der Waals surface area contributed by atoms with E-state index in [0.717, 1.165) is 0 Å². The number of rotatable bonds is 11. The number of amidine groups is 1. The van der Waals surface area contributed by atoms with E-state index in [0.29, 0.717) is 16.3 Å². The molecule has 0 aromatic heterocycles. The number of benzene rings is 2. The van der Waals surface area contributed by atoms with Crippen LogP contribution in [0.3, 0.4) is 0 Å². The van der Waals surface area contributed by atoms with Crippen LogP contribution in [0.2, 0.25) is 5.02 Å². The van der Waals surface area contributed by atoms with Crippen molar-refractivity contribution in [3.8, 4) is 0 Å². The lowest BCUT2D eigenvalue weighted by Gasteiger charge is -2.15. The molecule has 2 rings (SSSR count). The van der Waals surface area contributed by atoms with Gasteiger partial charge in [-0.1, -0.05) is 18.5 Å². The second kappa shape index (κ2) is 11.2. The first kappa shape index (κ1) is 24.8. The Morgan fingerprint density at radius 2 is 1.90 bits per heavy atom. The molecule has 0 unspecified atom stereocenters. The third-order valence-corrected chi connectivity index (χ3v) is 6.50. The molecule has 0 aliphatic rings. The van der Waals surface area contributed by atoms with E-state index in [1.807, 2.05) is 0 Å². The van der Waals surface area contributed by atoms with Crippen LogP contribution in [0.1, 0.15) is 35.2 Å². The van der Waals surface area contributed by atoms with Gasteiger partial charge in [0.25, 0.3) is 5.91 Å². The lowest BCUT2D eigenvalue weighted by molar-refractivity contribution is 0.102. The van der Waals surface area contributed by atoms with E-state index < -0.39 is 27.5 Å². The van der Waals surface area contributed by atoms with Crippen LogP contribution in [0, 0.1) is 11.2 Å². The van der Waals surface area contributed by atoms with Crippen molar-refractivity contribution in [2.45, 2.75) is 19.3 Å². The van der Waals surface area contributed by atoms with E-state index in [4.69, 9.17) is 27.5 Å². The first-order chi connectivity index (χ1) is 14.6. The van der Waals surface area contributed by atoms with Crippen LogP contribution in [-0.2, 0) is 14.6 Å². The largest absolute Gasteiger partial charge is 0.388 e. The van der Waals surface area contributed by atoms with Crippen molar-refractivity contribution in [1.82, 2.24) is 0 Å². The highest BCUT2D eigenvalue weighted by molar-refractivity contribution is 7.91. The molecule has 2 aromatic carbocycles. The quantitative estimate of drug-likeness (QED) is 0.263. The van der Waals surface area contributed by atoms with E-state index >= 15 is 0 Å². The summed E-state index contributed by atoms with van der Waals surface area (Å²) in [5, 5.41) is 10.3. The van der Waals surface area contributed by atoms with Crippen LogP contribution in [0.5, 0.6) is 0 Å². The number of nitrogens with two attached hydrogens (primary N) is 1. The Hall–Kier alpha value is -2.49. The van der Waals surface area contributed by atoms with Crippen LogP contribution >= 0.6 is 11.6 Å². The number of carbonyl (C=O) groups is 1. The van der Waals surface area contributed by atoms with Crippen molar-refractivity contribution >= 4 is 38.9 Å². The number of hydrogen-bond acceptors (Lipinski definition) is 5. The Bertz CT molecular complexity index is 1030. The molecule has 0 spiro atoms. The molecule has 0 aliphatic heterocycles. The van der Waals surface area contributed by atoms with E-state index in [9.17, 15) is 17.6 Å². The van der Waals surface area contributed by atoms with Crippen LogP contribution in [-0.4, -0.2) is 44.9 Å². The van der Waals surface area contributed by atoms with Gasteiger partial charge in [0.1, 0.15) is 5.82 Å². The summed E-state index contributed by atoms with van der Waals surface area (Å²) >= 11 is 5.82. The fraction of sp³-hybridized carbons (Fsp3) is 0.333. The molecule has 1 amide bonds. The maximum Gasteiger partial charge on any atom is 0.255 e. The number of amides is 1. The third kappa shape index (κ3) is 8.28. The number of hydrogen-bond donors (Lipinski definition) is 3. The number of carbonyl (C=O) groups excluding carboxylic acids is 1. The van der Waals surface area contributed by atoms with Crippen molar-refractivity contribution in [3.05, 3.63) is 64.4 Å². The zero-order valence-electron chi connectivity index (χ0n) is 17.0. The average molecular weight is 470 g/mol. The normalized spacial score (nSPS) is 12.4. The molecule has 4 N–H and O–H groups in total. The number of anilines is 1. The summed E-state index contributed by atoms with van der Waals surface area (Å²) in [4.78, 5) is 12.4. The summed E-state index contributed by atoms with van der Waals surface area (Å²) in [5.41, 5.74) is 6.13.